The van der Waals surface area contributed by atoms with Gasteiger partial charge in [0.2, 0.25) is 0 Å². The number of phenolic OH excluding ortho intramolecular Hbond substituents is 1. The van der Waals surface area contributed by atoms with Crippen LogP contribution in [0.3, 0.4) is 0 Å². The molecule has 2 aliphatic carbocycles. The summed E-state index contributed by atoms with van der Waals surface area (Å²) in [5, 5.41) is 23.2. The first kappa shape index (κ1) is 14.4. The zero-order valence-electron chi connectivity index (χ0n) is 12.3. The molecule has 0 saturated heterocycles. The lowest BCUT2D eigenvalue weighted by molar-refractivity contribution is -0.139. The number of rotatable bonds is 3. The third kappa shape index (κ3) is 2.77. The van der Waals surface area contributed by atoms with Crippen LogP contribution >= 0.6 is 0 Å². The highest BCUT2D eigenvalue weighted by Gasteiger charge is 2.38. The Morgan fingerprint density at radius 3 is 2.62 bits per heavy atom. The first-order chi connectivity index (χ1) is 10.1. The summed E-state index contributed by atoms with van der Waals surface area (Å²) < 4.78 is 0. The van der Waals surface area contributed by atoms with Crippen molar-refractivity contribution in [3.05, 3.63) is 28.8 Å². The number of hydrogen-bond donors (Lipinski definition) is 3. The average Bonchev–Trinajstić information content (AvgIpc) is 2.94. The number of nitrogens with one attached hydrogen (secondary N) is 1. The van der Waals surface area contributed by atoms with Crippen LogP contribution in [-0.2, 0) is 24.2 Å². The Labute approximate surface area is 125 Å². The lowest BCUT2D eigenvalue weighted by Crippen LogP contribution is -2.44. The maximum Gasteiger partial charge on any atom is 0.252 e. The van der Waals surface area contributed by atoms with Gasteiger partial charge in [-0.25, -0.2) is 0 Å². The van der Waals surface area contributed by atoms with Crippen LogP contribution in [0.4, 0.5) is 0 Å². The van der Waals surface area contributed by atoms with Gasteiger partial charge in [-0.05, 0) is 68.6 Å². The summed E-state index contributed by atoms with van der Waals surface area (Å²) in [6.07, 6.45) is 7.19. The molecule has 1 amide bonds. The number of phenols is 1. The molecule has 0 heterocycles. The van der Waals surface area contributed by atoms with Crippen molar-refractivity contribution < 1.29 is 15.0 Å². The van der Waals surface area contributed by atoms with Gasteiger partial charge in [-0.3, -0.25) is 4.79 Å². The number of carbonyl (C=O) groups excluding carboxylic acids is 1. The Morgan fingerprint density at radius 2 is 1.86 bits per heavy atom. The van der Waals surface area contributed by atoms with E-state index in [1.165, 1.54) is 17.5 Å². The molecular formula is C17H23NO3. The van der Waals surface area contributed by atoms with Crippen molar-refractivity contribution in [2.45, 2.75) is 63.5 Å². The summed E-state index contributed by atoms with van der Waals surface area (Å²) >= 11 is 0. The number of fused-ring (bicyclic) bond motifs is 1. The zero-order valence-corrected chi connectivity index (χ0v) is 12.3. The fraction of sp³-hybridized carbons (Fsp3) is 0.588. The summed E-state index contributed by atoms with van der Waals surface area (Å²) in [6, 6.07) is 3.70. The Bertz CT molecular complexity index is 547. The molecule has 2 aliphatic rings. The summed E-state index contributed by atoms with van der Waals surface area (Å²) in [6.45, 7) is 0.302. The minimum atomic E-state index is -1.20. The molecule has 3 rings (SSSR count). The fourth-order valence-corrected chi connectivity index (χ4v) is 3.61. The highest BCUT2D eigenvalue weighted by molar-refractivity contribution is 5.85. The van der Waals surface area contributed by atoms with Crippen LogP contribution in [0, 0.1) is 0 Å². The van der Waals surface area contributed by atoms with Crippen LogP contribution in [0.1, 0.15) is 55.2 Å². The number of aryl methyl sites for hydroxylation is 1. The normalized spacial score (nSPS) is 20.0. The minimum absolute atomic E-state index is 0.245. The Kier molecular flexibility index (Phi) is 3.89. The number of carbonyl (C=O) groups is 1. The van der Waals surface area contributed by atoms with Gasteiger partial charge in [0.25, 0.3) is 5.91 Å². The van der Waals surface area contributed by atoms with Gasteiger partial charge in [-0.1, -0.05) is 6.07 Å². The average molecular weight is 289 g/mol. The van der Waals surface area contributed by atoms with E-state index in [0.29, 0.717) is 19.4 Å². The highest BCUT2D eigenvalue weighted by atomic mass is 16.3. The van der Waals surface area contributed by atoms with E-state index in [4.69, 9.17) is 0 Å². The zero-order chi connectivity index (χ0) is 14.9. The Morgan fingerprint density at radius 1 is 1.14 bits per heavy atom. The number of aliphatic hydroxyl groups is 1. The van der Waals surface area contributed by atoms with Gasteiger partial charge in [0, 0.05) is 12.1 Å². The van der Waals surface area contributed by atoms with Gasteiger partial charge in [-0.2, -0.15) is 0 Å². The van der Waals surface area contributed by atoms with E-state index < -0.39 is 5.60 Å². The third-order valence-electron chi connectivity index (χ3n) is 4.91. The van der Waals surface area contributed by atoms with E-state index >= 15 is 0 Å². The smallest absolute Gasteiger partial charge is 0.252 e. The van der Waals surface area contributed by atoms with Gasteiger partial charge >= 0.3 is 0 Å². The van der Waals surface area contributed by atoms with Crippen molar-refractivity contribution in [1.29, 1.82) is 0 Å². The van der Waals surface area contributed by atoms with Crippen molar-refractivity contribution in [2.24, 2.45) is 0 Å². The standard InChI is InChI=1S/C17H23NO3/c19-15-8-7-12-5-1-2-6-13(12)14(15)11-18-16(20)17(21)9-3-4-10-17/h7-8,19,21H,1-6,9-11H2,(H,18,20). The number of amides is 1. The van der Waals surface area contributed by atoms with Gasteiger partial charge in [0.1, 0.15) is 11.4 Å². The Balaban J connectivity index is 1.74. The first-order valence-electron chi connectivity index (χ1n) is 7.93. The molecule has 0 aromatic heterocycles. The third-order valence-corrected chi connectivity index (χ3v) is 4.91. The molecule has 0 bridgehead atoms. The summed E-state index contributed by atoms with van der Waals surface area (Å²) in [5.41, 5.74) is 2.08. The molecule has 0 aliphatic heterocycles. The molecule has 21 heavy (non-hydrogen) atoms. The molecule has 3 N–H and O–H groups in total. The molecule has 4 heteroatoms. The fourth-order valence-electron chi connectivity index (χ4n) is 3.61. The van der Waals surface area contributed by atoms with E-state index in [1.54, 1.807) is 6.07 Å². The van der Waals surface area contributed by atoms with Crippen LogP contribution in [0.2, 0.25) is 0 Å². The van der Waals surface area contributed by atoms with Crippen LogP contribution in [0.25, 0.3) is 0 Å². The summed E-state index contributed by atoms with van der Waals surface area (Å²) in [4.78, 5) is 12.2. The van der Waals surface area contributed by atoms with E-state index in [-0.39, 0.29) is 11.7 Å². The minimum Gasteiger partial charge on any atom is -0.508 e. The van der Waals surface area contributed by atoms with Crippen LogP contribution in [0.5, 0.6) is 5.75 Å². The van der Waals surface area contributed by atoms with Crippen LogP contribution in [0.15, 0.2) is 12.1 Å². The van der Waals surface area contributed by atoms with Gasteiger partial charge < -0.3 is 15.5 Å². The van der Waals surface area contributed by atoms with E-state index in [2.05, 4.69) is 5.32 Å². The Hall–Kier alpha value is -1.55. The molecule has 0 spiro atoms. The monoisotopic (exact) mass is 289 g/mol. The summed E-state index contributed by atoms with van der Waals surface area (Å²) in [7, 11) is 0. The maximum atomic E-state index is 12.2. The molecule has 1 saturated carbocycles. The largest absolute Gasteiger partial charge is 0.508 e. The predicted octanol–water partition coefficient (Wildman–Crippen LogP) is 2.19. The van der Waals surface area contributed by atoms with Crippen LogP contribution in [-0.4, -0.2) is 21.7 Å². The molecule has 1 aromatic carbocycles. The second kappa shape index (κ2) is 5.68. The number of hydrogen-bond acceptors (Lipinski definition) is 3. The van der Waals surface area contributed by atoms with Gasteiger partial charge in [-0.15, -0.1) is 0 Å². The van der Waals surface area contributed by atoms with Gasteiger partial charge in [0.05, 0.1) is 0 Å². The molecular weight excluding hydrogens is 266 g/mol. The maximum absolute atomic E-state index is 12.2. The van der Waals surface area contributed by atoms with Crippen molar-refractivity contribution in [1.82, 2.24) is 5.32 Å². The molecule has 114 valence electrons. The topological polar surface area (TPSA) is 69.6 Å². The van der Waals surface area contributed by atoms with Crippen molar-refractivity contribution in [2.75, 3.05) is 0 Å². The van der Waals surface area contributed by atoms with Gasteiger partial charge in [0.15, 0.2) is 0 Å². The SMILES string of the molecule is O=C(NCc1c(O)ccc2c1CCCC2)C1(O)CCCC1. The molecule has 1 aromatic rings. The molecule has 1 fully saturated rings. The predicted molar refractivity (Wildman–Crippen MR) is 80.0 cm³/mol. The molecule has 0 radical (unpaired) electrons. The van der Waals surface area contributed by atoms with Crippen molar-refractivity contribution in [3.8, 4) is 5.75 Å². The van der Waals surface area contributed by atoms with E-state index in [0.717, 1.165) is 37.7 Å². The lowest BCUT2D eigenvalue weighted by atomic mass is 9.87. The highest BCUT2D eigenvalue weighted by Crippen LogP contribution is 2.32. The molecule has 0 unspecified atom stereocenters. The van der Waals surface area contributed by atoms with Crippen molar-refractivity contribution >= 4 is 5.91 Å². The second-order valence-electron chi connectivity index (χ2n) is 6.33. The number of aromatic hydroxyl groups is 1. The second-order valence-corrected chi connectivity index (χ2v) is 6.33. The van der Waals surface area contributed by atoms with Crippen molar-refractivity contribution in [3.63, 3.8) is 0 Å². The number of benzene rings is 1. The van der Waals surface area contributed by atoms with E-state index in [1.807, 2.05) is 6.07 Å². The first-order valence-corrected chi connectivity index (χ1v) is 7.93. The lowest BCUT2D eigenvalue weighted by Gasteiger charge is -2.23. The van der Waals surface area contributed by atoms with E-state index in [9.17, 15) is 15.0 Å². The molecule has 4 nitrogen and oxygen atoms in total. The van der Waals surface area contributed by atoms with Crippen LogP contribution < -0.4 is 5.32 Å². The quantitative estimate of drug-likeness (QED) is 0.799. The molecule has 0 atom stereocenters. The summed E-state index contributed by atoms with van der Waals surface area (Å²) in [5.74, 6) is -0.0535.